The maximum absolute atomic E-state index is 11.2. The Morgan fingerprint density at radius 2 is 1.68 bits per heavy atom. The fourth-order valence-electron chi connectivity index (χ4n) is 8.73. The predicted octanol–water partition coefficient (Wildman–Crippen LogP) is 4.48. The minimum atomic E-state index is -0.684. The van der Waals surface area contributed by atoms with Gasteiger partial charge < -0.3 is 15.3 Å². The Kier molecular flexibility index (Phi) is 5.36. The predicted molar refractivity (Wildman–Crippen MR) is 109 cm³/mol. The molecule has 160 valence electrons. The van der Waals surface area contributed by atoms with Gasteiger partial charge in [-0.3, -0.25) is 4.79 Å². The second-order valence-corrected chi connectivity index (χ2v) is 11.4. The van der Waals surface area contributed by atoms with Crippen molar-refractivity contribution in [3.63, 3.8) is 0 Å². The van der Waals surface area contributed by atoms with Gasteiger partial charge in [0.15, 0.2) is 0 Å². The third-order valence-corrected chi connectivity index (χ3v) is 10.2. The molecule has 0 aromatic heterocycles. The molecule has 4 nitrogen and oxygen atoms in total. The van der Waals surface area contributed by atoms with E-state index in [0.29, 0.717) is 35.5 Å². The van der Waals surface area contributed by atoms with E-state index in [1.165, 1.54) is 25.7 Å². The summed E-state index contributed by atoms with van der Waals surface area (Å²) in [5.74, 6) is 2.36. The smallest absolute Gasteiger partial charge is 0.303 e. The molecule has 0 bridgehead atoms. The summed E-state index contributed by atoms with van der Waals surface area (Å²) in [6, 6.07) is 0. The maximum atomic E-state index is 11.2. The molecule has 4 aliphatic rings. The van der Waals surface area contributed by atoms with Gasteiger partial charge in [0, 0.05) is 6.42 Å². The van der Waals surface area contributed by atoms with E-state index in [0.717, 1.165) is 32.1 Å². The molecule has 0 amide bonds. The number of hydrogen-bond donors (Lipinski definition) is 3. The van der Waals surface area contributed by atoms with Crippen molar-refractivity contribution in [2.45, 2.75) is 97.2 Å². The molecule has 0 radical (unpaired) electrons. The lowest BCUT2D eigenvalue weighted by Crippen LogP contribution is -2.58. The average Bonchev–Trinajstić information content (AvgIpc) is 2.98. The highest BCUT2D eigenvalue weighted by Crippen LogP contribution is 2.68. The van der Waals surface area contributed by atoms with E-state index in [9.17, 15) is 15.0 Å². The molecular weight excluding hydrogens is 352 g/mol. The van der Waals surface area contributed by atoms with Crippen LogP contribution in [0.5, 0.6) is 0 Å². The summed E-state index contributed by atoms with van der Waals surface area (Å²) in [7, 11) is 0. The van der Waals surface area contributed by atoms with Gasteiger partial charge >= 0.3 is 5.97 Å². The largest absolute Gasteiger partial charge is 0.481 e. The average molecular weight is 393 g/mol. The Morgan fingerprint density at radius 3 is 2.39 bits per heavy atom. The number of aliphatic carboxylic acids is 1. The fraction of sp³-hybridized carbons (Fsp3) is 0.958. The maximum Gasteiger partial charge on any atom is 0.303 e. The van der Waals surface area contributed by atoms with Crippen LogP contribution in [0, 0.1) is 46.3 Å². The molecule has 4 rings (SSSR count). The minimum Gasteiger partial charge on any atom is -0.481 e. The van der Waals surface area contributed by atoms with E-state index in [4.69, 9.17) is 5.11 Å². The highest BCUT2D eigenvalue weighted by molar-refractivity contribution is 5.66. The van der Waals surface area contributed by atoms with E-state index in [-0.39, 0.29) is 29.5 Å². The lowest BCUT2D eigenvalue weighted by Gasteiger charge is -2.62. The number of fused-ring (bicyclic) bond motifs is 5. The Labute approximate surface area is 170 Å². The third-order valence-electron chi connectivity index (χ3n) is 10.2. The van der Waals surface area contributed by atoms with Crippen molar-refractivity contribution in [3.05, 3.63) is 0 Å². The number of rotatable bonds is 4. The number of carboxylic acid groups (broad SMARTS) is 1. The van der Waals surface area contributed by atoms with Crippen molar-refractivity contribution in [1.29, 1.82) is 0 Å². The highest BCUT2D eigenvalue weighted by atomic mass is 16.4. The number of aliphatic hydroxyl groups excluding tert-OH is 2. The van der Waals surface area contributed by atoms with Crippen LogP contribution in [0.3, 0.4) is 0 Å². The molecule has 28 heavy (non-hydrogen) atoms. The van der Waals surface area contributed by atoms with Gasteiger partial charge in [-0.15, -0.1) is 0 Å². The second kappa shape index (κ2) is 7.27. The highest BCUT2D eigenvalue weighted by Gasteiger charge is 2.62. The van der Waals surface area contributed by atoms with Crippen molar-refractivity contribution in [1.82, 2.24) is 0 Å². The summed E-state index contributed by atoms with van der Waals surface area (Å²) in [6.07, 6.45) is 9.19. The van der Waals surface area contributed by atoms with Gasteiger partial charge in [0.2, 0.25) is 0 Å². The summed E-state index contributed by atoms with van der Waals surface area (Å²) in [6.45, 7) is 7.16. The van der Waals surface area contributed by atoms with Gasteiger partial charge in [0.25, 0.3) is 0 Å². The first-order valence-corrected chi connectivity index (χ1v) is 11.7. The summed E-state index contributed by atoms with van der Waals surface area (Å²) in [5.41, 5.74) is 0.523. The first kappa shape index (κ1) is 20.7. The summed E-state index contributed by atoms with van der Waals surface area (Å²) in [4.78, 5) is 11.1. The van der Waals surface area contributed by atoms with E-state index < -0.39 is 5.97 Å². The molecule has 0 spiro atoms. The van der Waals surface area contributed by atoms with E-state index in [2.05, 4.69) is 20.8 Å². The van der Waals surface area contributed by atoms with Crippen molar-refractivity contribution >= 4 is 5.97 Å². The standard InChI is InChI=1S/C24H40O4/c1-14(4-7-21(27)28)17-5-6-18-22-19(9-11-24(17,18)3)23(2)10-8-16(25)12-15(23)13-20(22)26/h14-20,22,25-26H,4-13H2,1-3H3,(H,27,28)/t14-,15-,16-,17?,18+,19?,20+,22+,23?,24?/m1/s1. The van der Waals surface area contributed by atoms with Gasteiger partial charge in [0.05, 0.1) is 12.2 Å². The second-order valence-electron chi connectivity index (χ2n) is 11.4. The molecule has 3 N–H and O–H groups in total. The lowest BCUT2D eigenvalue weighted by atomic mass is 9.43. The van der Waals surface area contributed by atoms with Crippen LogP contribution in [0.15, 0.2) is 0 Å². The van der Waals surface area contributed by atoms with Gasteiger partial charge in [-0.05, 0) is 104 Å². The Hall–Kier alpha value is -0.610. The van der Waals surface area contributed by atoms with Gasteiger partial charge in [-0.1, -0.05) is 20.8 Å². The number of aliphatic hydroxyl groups is 2. The van der Waals surface area contributed by atoms with Crippen molar-refractivity contribution in [2.75, 3.05) is 0 Å². The van der Waals surface area contributed by atoms with E-state index in [1.807, 2.05) is 0 Å². The molecule has 10 atom stereocenters. The topological polar surface area (TPSA) is 77.8 Å². The van der Waals surface area contributed by atoms with Gasteiger partial charge in [0.1, 0.15) is 0 Å². The fourth-order valence-corrected chi connectivity index (χ4v) is 8.73. The van der Waals surface area contributed by atoms with Crippen LogP contribution in [0.2, 0.25) is 0 Å². The van der Waals surface area contributed by atoms with Crippen LogP contribution in [0.1, 0.15) is 85.0 Å². The van der Waals surface area contributed by atoms with Gasteiger partial charge in [-0.2, -0.15) is 0 Å². The van der Waals surface area contributed by atoms with Crippen LogP contribution in [-0.2, 0) is 4.79 Å². The molecule has 4 heteroatoms. The molecule has 4 aliphatic carbocycles. The Morgan fingerprint density at radius 1 is 1.00 bits per heavy atom. The van der Waals surface area contributed by atoms with Crippen LogP contribution in [0.4, 0.5) is 0 Å². The molecule has 4 fully saturated rings. The third kappa shape index (κ3) is 3.14. The molecular formula is C24H40O4. The summed E-state index contributed by atoms with van der Waals surface area (Å²) < 4.78 is 0. The Bertz CT molecular complexity index is 605. The summed E-state index contributed by atoms with van der Waals surface area (Å²) >= 11 is 0. The Balaban J connectivity index is 1.55. The van der Waals surface area contributed by atoms with Crippen molar-refractivity contribution in [3.8, 4) is 0 Å². The molecule has 0 aromatic rings. The van der Waals surface area contributed by atoms with E-state index in [1.54, 1.807) is 0 Å². The monoisotopic (exact) mass is 392 g/mol. The zero-order chi connectivity index (χ0) is 20.3. The van der Waals surface area contributed by atoms with Crippen molar-refractivity contribution < 1.29 is 20.1 Å². The quantitative estimate of drug-likeness (QED) is 0.659. The lowest BCUT2D eigenvalue weighted by molar-refractivity contribution is -0.174. The number of hydrogen-bond acceptors (Lipinski definition) is 3. The van der Waals surface area contributed by atoms with Crippen LogP contribution in [0.25, 0.3) is 0 Å². The molecule has 4 unspecified atom stereocenters. The number of carboxylic acids is 1. The molecule has 0 saturated heterocycles. The molecule has 0 heterocycles. The normalized spacial score (nSPS) is 51.7. The minimum absolute atomic E-state index is 0.179. The zero-order valence-corrected chi connectivity index (χ0v) is 17.9. The zero-order valence-electron chi connectivity index (χ0n) is 17.9. The van der Waals surface area contributed by atoms with E-state index >= 15 is 0 Å². The number of carbonyl (C=O) groups is 1. The van der Waals surface area contributed by atoms with Crippen LogP contribution >= 0.6 is 0 Å². The first-order chi connectivity index (χ1) is 13.2. The summed E-state index contributed by atoms with van der Waals surface area (Å²) in [5, 5.41) is 30.5. The van der Waals surface area contributed by atoms with Crippen LogP contribution in [-0.4, -0.2) is 33.5 Å². The van der Waals surface area contributed by atoms with Crippen LogP contribution < -0.4 is 0 Å². The first-order valence-electron chi connectivity index (χ1n) is 11.7. The molecule has 0 aliphatic heterocycles. The van der Waals surface area contributed by atoms with Crippen molar-refractivity contribution in [2.24, 2.45) is 46.3 Å². The SMILES string of the molecule is C[C@H](CCC(=O)O)C1CC[C@H]2[C@H]3C(CCC12C)C1(C)CC[C@@H](O)C[C@@H]1C[C@@H]3O. The molecule has 4 saturated carbocycles. The van der Waals surface area contributed by atoms with Gasteiger partial charge in [-0.25, -0.2) is 0 Å². The molecule has 0 aromatic carbocycles.